The van der Waals surface area contributed by atoms with Gasteiger partial charge in [0.05, 0.1) is 10.6 Å². The van der Waals surface area contributed by atoms with Gasteiger partial charge >= 0.3 is 0 Å². The third kappa shape index (κ3) is 3.55. The topological polar surface area (TPSA) is 94.4 Å². The number of hydrogen-bond donors (Lipinski definition) is 0. The van der Waals surface area contributed by atoms with E-state index in [1.807, 2.05) is 31.2 Å². The predicted octanol–water partition coefficient (Wildman–Crippen LogP) is 4.36. The summed E-state index contributed by atoms with van der Waals surface area (Å²) < 4.78 is 7.44. The van der Waals surface area contributed by atoms with Crippen molar-refractivity contribution in [1.29, 1.82) is 0 Å². The second-order valence-corrected chi connectivity index (χ2v) is 6.93. The number of nitro benzene ring substituents is 1. The molecule has 0 N–H and O–H groups in total. The lowest BCUT2D eigenvalue weighted by Gasteiger charge is -2.16. The Balaban J connectivity index is 1.55. The van der Waals surface area contributed by atoms with Gasteiger partial charge in [-0.3, -0.25) is 14.9 Å². The Labute approximate surface area is 172 Å². The third-order valence-electron chi connectivity index (χ3n) is 4.98. The highest BCUT2D eigenvalue weighted by Gasteiger charge is 2.20. The van der Waals surface area contributed by atoms with E-state index in [1.165, 1.54) is 16.8 Å². The zero-order valence-electron chi connectivity index (χ0n) is 16.6. The molecular formula is C22H20N4O4. The number of rotatable bonds is 6. The summed E-state index contributed by atoms with van der Waals surface area (Å²) in [6, 6.07) is 15.4. The number of carbonyl (C=O) groups excluding carboxylic acids is 1. The Morgan fingerprint density at radius 3 is 2.60 bits per heavy atom. The van der Waals surface area contributed by atoms with Crippen LogP contribution in [-0.4, -0.2) is 32.6 Å². The molecule has 1 amide bonds. The lowest BCUT2D eigenvalue weighted by Crippen LogP contribution is -2.27. The van der Waals surface area contributed by atoms with E-state index in [2.05, 4.69) is 5.10 Å². The van der Waals surface area contributed by atoms with Crippen molar-refractivity contribution < 1.29 is 14.1 Å². The van der Waals surface area contributed by atoms with Crippen molar-refractivity contribution in [1.82, 2.24) is 14.7 Å². The van der Waals surface area contributed by atoms with Gasteiger partial charge < -0.3 is 9.32 Å². The van der Waals surface area contributed by atoms with Gasteiger partial charge in [0.15, 0.2) is 5.69 Å². The van der Waals surface area contributed by atoms with Crippen LogP contribution in [0.1, 0.15) is 28.7 Å². The molecule has 0 aliphatic carbocycles. The average Bonchev–Trinajstić information content (AvgIpc) is 3.38. The molecule has 0 atom stereocenters. The number of hydrogen-bond acceptors (Lipinski definition) is 5. The number of non-ortho nitro benzene ring substituents is 1. The fourth-order valence-corrected chi connectivity index (χ4v) is 3.42. The minimum absolute atomic E-state index is 0.000932. The number of nitro groups is 1. The fraction of sp³-hybridized carbons (Fsp3) is 0.182. The van der Waals surface area contributed by atoms with Gasteiger partial charge in [-0.2, -0.15) is 5.10 Å². The van der Waals surface area contributed by atoms with E-state index in [0.717, 1.165) is 28.7 Å². The molecule has 30 heavy (non-hydrogen) atoms. The summed E-state index contributed by atoms with van der Waals surface area (Å²) in [5.74, 6) is 0.648. The number of fused-ring (bicyclic) bond motifs is 1. The Hall–Kier alpha value is -3.94. The largest absolute Gasteiger partial charge is 0.461 e. The number of carbonyl (C=O) groups is 1. The summed E-state index contributed by atoms with van der Waals surface area (Å²) in [7, 11) is 1.73. The van der Waals surface area contributed by atoms with Crippen LogP contribution in [0.3, 0.4) is 0 Å². The Morgan fingerprint density at radius 1 is 1.17 bits per heavy atom. The van der Waals surface area contributed by atoms with E-state index in [1.54, 1.807) is 36.3 Å². The minimum atomic E-state index is -0.457. The lowest BCUT2D eigenvalue weighted by molar-refractivity contribution is -0.384. The maximum Gasteiger partial charge on any atom is 0.274 e. The van der Waals surface area contributed by atoms with Crippen LogP contribution in [0.25, 0.3) is 16.7 Å². The first-order valence-electron chi connectivity index (χ1n) is 9.53. The summed E-state index contributed by atoms with van der Waals surface area (Å²) in [6.07, 6.45) is 2.40. The van der Waals surface area contributed by atoms with Gasteiger partial charge in [0.25, 0.3) is 11.6 Å². The zero-order chi connectivity index (χ0) is 21.3. The first-order chi connectivity index (χ1) is 14.5. The van der Waals surface area contributed by atoms with Gasteiger partial charge in [-0.1, -0.05) is 25.1 Å². The van der Waals surface area contributed by atoms with Crippen LogP contribution in [0.4, 0.5) is 5.69 Å². The quantitative estimate of drug-likeness (QED) is 0.351. The van der Waals surface area contributed by atoms with Crippen molar-refractivity contribution in [3.8, 4) is 5.69 Å². The smallest absolute Gasteiger partial charge is 0.274 e. The molecule has 0 unspecified atom stereocenters. The van der Waals surface area contributed by atoms with E-state index < -0.39 is 4.92 Å². The highest BCUT2D eigenvalue weighted by atomic mass is 16.6. The summed E-state index contributed by atoms with van der Waals surface area (Å²) in [5.41, 5.74) is 2.74. The number of benzene rings is 2. The number of aryl methyl sites for hydroxylation is 1. The van der Waals surface area contributed by atoms with Crippen LogP contribution < -0.4 is 0 Å². The first kappa shape index (κ1) is 19.4. The first-order valence-corrected chi connectivity index (χ1v) is 9.53. The van der Waals surface area contributed by atoms with Crippen molar-refractivity contribution in [2.75, 3.05) is 7.05 Å². The average molecular weight is 404 g/mol. The molecular weight excluding hydrogens is 384 g/mol. The molecule has 2 aromatic carbocycles. The molecule has 0 spiro atoms. The number of nitrogens with zero attached hydrogens (tertiary/aromatic N) is 4. The molecule has 152 valence electrons. The highest BCUT2D eigenvalue weighted by molar-refractivity contribution is 5.92. The monoisotopic (exact) mass is 404 g/mol. The van der Waals surface area contributed by atoms with Crippen LogP contribution >= 0.6 is 0 Å². The van der Waals surface area contributed by atoms with Crippen molar-refractivity contribution in [2.45, 2.75) is 19.9 Å². The number of furan rings is 1. The zero-order valence-corrected chi connectivity index (χ0v) is 16.6. The van der Waals surface area contributed by atoms with Crippen LogP contribution in [0.2, 0.25) is 0 Å². The predicted molar refractivity (Wildman–Crippen MR) is 112 cm³/mol. The highest BCUT2D eigenvalue weighted by Crippen LogP contribution is 2.27. The second kappa shape index (κ2) is 7.82. The summed E-state index contributed by atoms with van der Waals surface area (Å²) in [4.78, 5) is 24.9. The van der Waals surface area contributed by atoms with Gasteiger partial charge in [-0.25, -0.2) is 4.68 Å². The molecule has 4 aromatic rings. The third-order valence-corrected chi connectivity index (χ3v) is 4.98. The minimum Gasteiger partial charge on any atom is -0.461 e. The van der Waals surface area contributed by atoms with E-state index in [-0.39, 0.29) is 11.6 Å². The van der Waals surface area contributed by atoms with Crippen molar-refractivity contribution in [2.24, 2.45) is 0 Å². The standard InChI is InChI=1S/C22H20N4O4/c1-3-20-18(17-6-4-5-7-21(17)30-20)14-24(2)22(27)19-12-13-25(23-19)15-8-10-16(11-9-15)26(28)29/h4-13H,3,14H2,1-2H3. The fourth-order valence-electron chi connectivity index (χ4n) is 3.42. The molecule has 8 heteroatoms. The van der Waals surface area contributed by atoms with Gasteiger partial charge in [0, 0.05) is 49.3 Å². The molecule has 0 saturated carbocycles. The van der Waals surface area contributed by atoms with Crippen molar-refractivity contribution in [3.63, 3.8) is 0 Å². The van der Waals surface area contributed by atoms with Crippen LogP contribution in [0.15, 0.2) is 65.2 Å². The maximum absolute atomic E-state index is 12.9. The Bertz CT molecular complexity index is 1220. The molecule has 0 aliphatic heterocycles. The molecule has 0 aliphatic rings. The van der Waals surface area contributed by atoms with Gasteiger partial charge in [0.1, 0.15) is 11.3 Å². The van der Waals surface area contributed by atoms with Crippen LogP contribution in [0, 0.1) is 10.1 Å². The normalized spacial score (nSPS) is 11.0. The second-order valence-electron chi connectivity index (χ2n) is 6.93. The molecule has 0 radical (unpaired) electrons. The van der Waals surface area contributed by atoms with Gasteiger partial charge in [0.2, 0.25) is 0 Å². The molecule has 0 saturated heterocycles. The van der Waals surface area contributed by atoms with Crippen LogP contribution in [0.5, 0.6) is 0 Å². The van der Waals surface area contributed by atoms with E-state index in [0.29, 0.717) is 17.9 Å². The molecule has 2 aromatic heterocycles. The molecule has 2 heterocycles. The molecule has 0 fully saturated rings. The van der Waals surface area contributed by atoms with Crippen molar-refractivity contribution in [3.05, 3.63) is 87.9 Å². The van der Waals surface area contributed by atoms with Gasteiger partial charge in [-0.05, 0) is 24.3 Å². The lowest BCUT2D eigenvalue weighted by atomic mass is 10.1. The Kier molecular flexibility index (Phi) is 5.05. The molecule has 4 rings (SSSR count). The Morgan fingerprint density at radius 2 is 1.90 bits per heavy atom. The molecule has 8 nitrogen and oxygen atoms in total. The number of aromatic nitrogens is 2. The van der Waals surface area contributed by atoms with E-state index in [9.17, 15) is 14.9 Å². The van der Waals surface area contributed by atoms with Gasteiger partial charge in [-0.15, -0.1) is 0 Å². The maximum atomic E-state index is 12.9. The summed E-state index contributed by atoms with van der Waals surface area (Å²) >= 11 is 0. The van der Waals surface area contributed by atoms with E-state index >= 15 is 0 Å². The number of amides is 1. The molecule has 0 bridgehead atoms. The van der Waals surface area contributed by atoms with Crippen LogP contribution in [-0.2, 0) is 13.0 Å². The van der Waals surface area contributed by atoms with E-state index in [4.69, 9.17) is 4.42 Å². The number of para-hydroxylation sites is 1. The summed E-state index contributed by atoms with van der Waals surface area (Å²) in [5, 5.41) is 16.1. The summed E-state index contributed by atoms with van der Waals surface area (Å²) in [6.45, 7) is 2.43. The van der Waals surface area contributed by atoms with Crippen molar-refractivity contribution >= 4 is 22.6 Å². The SMILES string of the molecule is CCc1oc2ccccc2c1CN(C)C(=O)c1ccn(-c2ccc([N+](=O)[O-])cc2)n1.